The quantitative estimate of drug-likeness (QED) is 0.715. The Labute approximate surface area is 140 Å². The molecule has 2 rings (SSSR count). The monoisotopic (exact) mass is 417 g/mol. The number of hydrogen-bond acceptors (Lipinski definition) is 3. The number of benzene rings is 1. The predicted molar refractivity (Wildman–Crippen MR) is 91.5 cm³/mol. The molecule has 0 atom stereocenters. The van der Waals surface area contributed by atoms with Crippen LogP contribution in [-0.2, 0) is 0 Å². The van der Waals surface area contributed by atoms with Crippen molar-refractivity contribution in [3.8, 4) is 11.4 Å². The lowest BCUT2D eigenvalue weighted by Crippen LogP contribution is -2.04. The number of nitrogens with zero attached hydrogens (tertiary/aromatic N) is 2. The molecule has 0 aliphatic heterocycles. The second-order valence-electron chi connectivity index (χ2n) is 4.63. The number of hydrogen-bond donors (Lipinski definition) is 1. The lowest BCUT2D eigenvalue weighted by atomic mass is 10.1. The molecule has 0 aliphatic carbocycles. The molecule has 1 aromatic carbocycles. The van der Waals surface area contributed by atoms with Crippen LogP contribution in [0.25, 0.3) is 11.4 Å². The highest BCUT2D eigenvalue weighted by Gasteiger charge is 2.15. The summed E-state index contributed by atoms with van der Waals surface area (Å²) in [4.78, 5) is 9.18. The van der Waals surface area contributed by atoms with E-state index in [9.17, 15) is 0 Å². The molecular weight excluding hydrogens is 405 g/mol. The van der Waals surface area contributed by atoms with Crippen LogP contribution in [0, 0.1) is 0 Å². The van der Waals surface area contributed by atoms with Crippen molar-refractivity contribution in [1.82, 2.24) is 9.97 Å². The minimum absolute atomic E-state index is 0.296. The van der Waals surface area contributed by atoms with Crippen molar-refractivity contribution < 1.29 is 0 Å². The zero-order valence-electron chi connectivity index (χ0n) is 11.3. The number of rotatable bonds is 3. The van der Waals surface area contributed by atoms with Crippen LogP contribution in [0.15, 0.2) is 27.1 Å². The van der Waals surface area contributed by atoms with E-state index in [0.29, 0.717) is 16.8 Å². The fourth-order valence-corrected chi connectivity index (χ4v) is 3.04. The molecule has 0 bridgehead atoms. The van der Waals surface area contributed by atoms with Crippen LogP contribution >= 0.6 is 43.5 Å². The van der Waals surface area contributed by atoms with Crippen LogP contribution in [0.3, 0.4) is 0 Å². The first-order valence-corrected chi connectivity index (χ1v) is 8.11. The van der Waals surface area contributed by atoms with Crippen molar-refractivity contribution in [2.75, 3.05) is 12.4 Å². The van der Waals surface area contributed by atoms with Crippen LogP contribution in [0.4, 0.5) is 5.82 Å². The summed E-state index contributed by atoms with van der Waals surface area (Å²) in [6.07, 6.45) is 0. The smallest absolute Gasteiger partial charge is 0.161 e. The normalized spacial score (nSPS) is 10.9. The number of nitrogens with one attached hydrogen (secondary N) is 1. The Balaban J connectivity index is 2.61. The fraction of sp³-hybridized carbons (Fsp3) is 0.286. The van der Waals surface area contributed by atoms with Gasteiger partial charge in [0, 0.05) is 17.1 Å². The second-order valence-corrected chi connectivity index (χ2v) is 6.68. The molecule has 0 saturated carbocycles. The van der Waals surface area contributed by atoms with Crippen LogP contribution in [0.2, 0.25) is 5.02 Å². The maximum absolute atomic E-state index is 6.14. The third-order valence-corrected chi connectivity index (χ3v) is 4.85. The Hall–Kier alpha value is -0.650. The van der Waals surface area contributed by atoms with Crippen LogP contribution in [-0.4, -0.2) is 17.0 Å². The van der Waals surface area contributed by atoms with Crippen molar-refractivity contribution in [1.29, 1.82) is 0 Å². The van der Waals surface area contributed by atoms with Gasteiger partial charge in [0.1, 0.15) is 5.82 Å². The Bertz CT molecular complexity index is 645. The highest BCUT2D eigenvalue weighted by atomic mass is 79.9. The number of anilines is 1. The summed E-state index contributed by atoms with van der Waals surface area (Å²) < 4.78 is 1.76. The molecule has 6 heteroatoms. The maximum Gasteiger partial charge on any atom is 0.161 e. The lowest BCUT2D eigenvalue weighted by molar-refractivity contribution is 0.810. The molecule has 0 aliphatic rings. The van der Waals surface area contributed by atoms with Gasteiger partial charge in [0.25, 0.3) is 0 Å². The summed E-state index contributed by atoms with van der Waals surface area (Å²) in [7, 11) is 1.84. The summed E-state index contributed by atoms with van der Waals surface area (Å²) in [5.74, 6) is 1.73. The van der Waals surface area contributed by atoms with Gasteiger partial charge in [0.2, 0.25) is 0 Å². The van der Waals surface area contributed by atoms with Gasteiger partial charge in [-0.2, -0.15) is 0 Å². The summed E-state index contributed by atoms with van der Waals surface area (Å²) in [6.45, 7) is 4.20. The Morgan fingerprint density at radius 2 is 1.90 bits per heavy atom. The Morgan fingerprint density at radius 1 is 1.20 bits per heavy atom. The second kappa shape index (κ2) is 6.41. The van der Waals surface area contributed by atoms with E-state index in [1.807, 2.05) is 25.2 Å². The zero-order chi connectivity index (χ0) is 14.9. The third-order valence-electron chi connectivity index (χ3n) is 2.84. The molecule has 1 heterocycles. The summed E-state index contributed by atoms with van der Waals surface area (Å²) >= 11 is 13.1. The van der Waals surface area contributed by atoms with E-state index in [4.69, 9.17) is 11.6 Å². The molecule has 1 aromatic heterocycles. The molecule has 0 fully saturated rings. The summed E-state index contributed by atoms with van der Waals surface area (Å²) in [5.41, 5.74) is 1.86. The predicted octanol–water partition coefficient (Wildman–Crippen LogP) is 5.49. The molecule has 20 heavy (non-hydrogen) atoms. The lowest BCUT2D eigenvalue weighted by Gasteiger charge is -2.13. The van der Waals surface area contributed by atoms with Gasteiger partial charge >= 0.3 is 0 Å². The van der Waals surface area contributed by atoms with E-state index < -0.39 is 0 Å². The fourth-order valence-electron chi connectivity index (χ4n) is 1.78. The SMILES string of the molecule is CNc1nc(-c2ccc(Br)c(Cl)c2)nc(C(C)C)c1Br. The van der Waals surface area contributed by atoms with Crippen molar-refractivity contribution in [2.45, 2.75) is 19.8 Å². The molecule has 1 N–H and O–H groups in total. The van der Waals surface area contributed by atoms with Gasteiger partial charge in [-0.05, 0) is 56.0 Å². The first kappa shape index (κ1) is 15.7. The first-order valence-electron chi connectivity index (χ1n) is 6.14. The molecule has 0 saturated heterocycles. The average molecular weight is 420 g/mol. The Morgan fingerprint density at radius 3 is 2.45 bits per heavy atom. The highest BCUT2D eigenvalue weighted by Crippen LogP contribution is 2.33. The van der Waals surface area contributed by atoms with Gasteiger partial charge in [-0.1, -0.05) is 25.4 Å². The number of aromatic nitrogens is 2. The molecule has 0 radical (unpaired) electrons. The minimum Gasteiger partial charge on any atom is -0.372 e. The van der Waals surface area contributed by atoms with Crippen LogP contribution in [0.5, 0.6) is 0 Å². The van der Waals surface area contributed by atoms with E-state index in [-0.39, 0.29) is 0 Å². The van der Waals surface area contributed by atoms with Crippen molar-refractivity contribution in [3.05, 3.63) is 37.9 Å². The molecule has 3 nitrogen and oxygen atoms in total. The first-order chi connectivity index (χ1) is 9.43. The highest BCUT2D eigenvalue weighted by molar-refractivity contribution is 9.11. The third kappa shape index (κ3) is 3.15. The van der Waals surface area contributed by atoms with Crippen molar-refractivity contribution in [2.24, 2.45) is 0 Å². The molecule has 0 amide bonds. The van der Waals surface area contributed by atoms with Crippen molar-refractivity contribution in [3.63, 3.8) is 0 Å². The van der Waals surface area contributed by atoms with E-state index >= 15 is 0 Å². The average Bonchev–Trinajstić information content (AvgIpc) is 2.42. The van der Waals surface area contributed by atoms with Crippen LogP contribution in [0.1, 0.15) is 25.5 Å². The van der Waals surface area contributed by atoms with E-state index in [2.05, 4.69) is 61.0 Å². The molecule has 106 valence electrons. The van der Waals surface area contributed by atoms with Crippen LogP contribution < -0.4 is 5.32 Å². The maximum atomic E-state index is 6.14. The zero-order valence-corrected chi connectivity index (χ0v) is 15.3. The molecule has 0 unspecified atom stereocenters. The van der Waals surface area contributed by atoms with Gasteiger partial charge < -0.3 is 5.32 Å². The van der Waals surface area contributed by atoms with Gasteiger partial charge in [-0.3, -0.25) is 0 Å². The van der Waals surface area contributed by atoms with Gasteiger partial charge in [0.05, 0.1) is 15.2 Å². The van der Waals surface area contributed by atoms with E-state index in [0.717, 1.165) is 26.0 Å². The van der Waals surface area contributed by atoms with Gasteiger partial charge in [-0.25, -0.2) is 9.97 Å². The van der Waals surface area contributed by atoms with E-state index in [1.165, 1.54) is 0 Å². The van der Waals surface area contributed by atoms with Gasteiger partial charge in [0.15, 0.2) is 5.82 Å². The molecular formula is C14H14Br2ClN3. The van der Waals surface area contributed by atoms with E-state index in [1.54, 1.807) is 0 Å². The molecule has 2 aromatic rings. The summed E-state index contributed by atoms with van der Waals surface area (Å²) in [5, 5.41) is 3.73. The number of halogens is 3. The minimum atomic E-state index is 0.296. The molecule has 0 spiro atoms. The standard InChI is InChI=1S/C14H14Br2ClN3/c1-7(2)12-11(16)14(18-3)20-13(19-12)8-4-5-9(15)10(17)6-8/h4-7H,1-3H3,(H,18,19,20). The summed E-state index contributed by atoms with van der Waals surface area (Å²) in [6, 6.07) is 5.71. The topological polar surface area (TPSA) is 37.8 Å². The largest absolute Gasteiger partial charge is 0.372 e. The Kier molecular flexibility index (Phi) is 5.04. The van der Waals surface area contributed by atoms with Crippen molar-refractivity contribution >= 4 is 49.3 Å². The van der Waals surface area contributed by atoms with Gasteiger partial charge in [-0.15, -0.1) is 0 Å².